The predicted octanol–water partition coefficient (Wildman–Crippen LogP) is 1.10. The molecule has 1 aromatic carbocycles. The van der Waals surface area contributed by atoms with Gasteiger partial charge in [0.15, 0.2) is 17.8 Å². The molecule has 1 fully saturated rings. The molecule has 0 bridgehead atoms. The van der Waals surface area contributed by atoms with E-state index in [2.05, 4.69) is 26.4 Å². The Morgan fingerprint density at radius 2 is 1.91 bits per heavy atom. The van der Waals surface area contributed by atoms with Crippen molar-refractivity contribution >= 4 is 23.5 Å². The summed E-state index contributed by atoms with van der Waals surface area (Å²) in [5.74, 6) is 0.0450. The average molecular weight is 473 g/mol. The molecule has 1 aliphatic heterocycles. The third-order valence-corrected chi connectivity index (χ3v) is 5.58. The molecule has 2 heterocycles. The van der Waals surface area contributed by atoms with Crippen molar-refractivity contribution in [1.82, 2.24) is 25.7 Å². The quantitative estimate of drug-likeness (QED) is 0.423. The minimum Gasteiger partial charge on any atom is -0.493 e. The number of aromatic nitrogens is 2. The summed E-state index contributed by atoms with van der Waals surface area (Å²) in [4.78, 5) is 37.0. The Hall–Kier alpha value is -3.60. The van der Waals surface area contributed by atoms with Gasteiger partial charge in [0, 0.05) is 25.1 Å². The highest BCUT2D eigenvalue weighted by molar-refractivity contribution is 6.39. The van der Waals surface area contributed by atoms with Crippen molar-refractivity contribution in [1.29, 1.82) is 0 Å². The van der Waals surface area contributed by atoms with E-state index in [1.165, 1.54) is 4.68 Å². The summed E-state index contributed by atoms with van der Waals surface area (Å²) in [6.07, 6.45) is 0.231. The highest BCUT2D eigenvalue weighted by Crippen LogP contribution is 2.27. The van der Waals surface area contributed by atoms with Crippen molar-refractivity contribution in [3.8, 4) is 11.5 Å². The highest BCUT2D eigenvalue weighted by Gasteiger charge is 2.30. The van der Waals surface area contributed by atoms with E-state index in [4.69, 9.17) is 9.47 Å². The summed E-state index contributed by atoms with van der Waals surface area (Å²) in [7, 11) is 3.11. The zero-order chi connectivity index (χ0) is 24.8. The number of hydrogen-bond acceptors (Lipinski definition) is 7. The fourth-order valence-corrected chi connectivity index (χ4v) is 3.69. The van der Waals surface area contributed by atoms with E-state index in [1.54, 1.807) is 33.3 Å². The predicted molar refractivity (Wildman–Crippen MR) is 125 cm³/mol. The summed E-state index contributed by atoms with van der Waals surface area (Å²) in [6.45, 7) is 6.07. The van der Waals surface area contributed by atoms with Gasteiger partial charge in [-0.25, -0.2) is 4.68 Å². The second kappa shape index (κ2) is 11.0. The van der Waals surface area contributed by atoms with Crippen LogP contribution in [0.15, 0.2) is 24.3 Å². The highest BCUT2D eigenvalue weighted by atomic mass is 16.5. The average Bonchev–Trinajstić information content (AvgIpc) is 3.18. The number of nitrogens with zero attached hydrogens (tertiary/aromatic N) is 2. The Balaban J connectivity index is 1.59. The van der Waals surface area contributed by atoms with Crippen LogP contribution >= 0.6 is 0 Å². The van der Waals surface area contributed by atoms with Crippen LogP contribution < -0.4 is 30.7 Å². The first-order valence-electron chi connectivity index (χ1n) is 11.1. The molecule has 1 aromatic heterocycles. The minimum absolute atomic E-state index is 0.0355. The molecule has 0 saturated carbocycles. The molecule has 0 spiro atoms. The van der Waals surface area contributed by atoms with Crippen LogP contribution in [0.3, 0.4) is 0 Å². The standard InChI is InChI=1S/C23H32N6O5/c1-13(2)16-12-20(30)27-23(25-16)29-19(10-14(3)28-29)26-22(32)21(31)24-9-8-15-6-7-17(33-4)18(11-15)34-5/h6-7,10-11,13,16,23,25H,8-9,12H2,1-5H3,(H,24,31)(H,26,32)(H,27,30). The largest absolute Gasteiger partial charge is 0.493 e. The zero-order valence-electron chi connectivity index (χ0n) is 20.1. The number of amides is 3. The third kappa shape index (κ3) is 6.04. The summed E-state index contributed by atoms with van der Waals surface area (Å²) in [6, 6.07) is 7.08. The van der Waals surface area contributed by atoms with Gasteiger partial charge in [0.05, 0.1) is 19.9 Å². The van der Waals surface area contributed by atoms with Crippen molar-refractivity contribution in [3.05, 3.63) is 35.5 Å². The second-order valence-electron chi connectivity index (χ2n) is 8.46. The molecule has 2 atom stereocenters. The van der Waals surface area contributed by atoms with E-state index in [-0.39, 0.29) is 24.4 Å². The fraction of sp³-hybridized carbons (Fsp3) is 0.478. The maximum Gasteiger partial charge on any atom is 0.314 e. The Kier molecular flexibility index (Phi) is 8.11. The van der Waals surface area contributed by atoms with Crippen LogP contribution in [-0.4, -0.2) is 54.3 Å². The van der Waals surface area contributed by atoms with E-state index in [9.17, 15) is 14.4 Å². The van der Waals surface area contributed by atoms with E-state index < -0.39 is 18.1 Å². The van der Waals surface area contributed by atoms with Gasteiger partial charge >= 0.3 is 11.8 Å². The van der Waals surface area contributed by atoms with E-state index in [0.29, 0.717) is 35.9 Å². The lowest BCUT2D eigenvalue weighted by molar-refractivity contribution is -0.136. The van der Waals surface area contributed by atoms with Gasteiger partial charge in [0.2, 0.25) is 5.91 Å². The molecule has 4 N–H and O–H groups in total. The number of nitrogens with one attached hydrogen (secondary N) is 4. The van der Waals surface area contributed by atoms with Crippen LogP contribution in [0.2, 0.25) is 0 Å². The molecule has 2 unspecified atom stereocenters. The van der Waals surface area contributed by atoms with E-state index >= 15 is 0 Å². The first kappa shape index (κ1) is 25.0. The number of rotatable bonds is 8. The molecule has 1 aliphatic rings. The van der Waals surface area contributed by atoms with Crippen molar-refractivity contribution in [2.24, 2.45) is 5.92 Å². The molecule has 34 heavy (non-hydrogen) atoms. The smallest absolute Gasteiger partial charge is 0.314 e. The Bertz CT molecular complexity index is 1050. The Morgan fingerprint density at radius 3 is 2.59 bits per heavy atom. The lowest BCUT2D eigenvalue weighted by Gasteiger charge is -2.34. The lowest BCUT2D eigenvalue weighted by atomic mass is 9.99. The normalized spacial score (nSPS) is 17.8. The number of carbonyl (C=O) groups excluding carboxylic acids is 3. The van der Waals surface area contributed by atoms with Crippen LogP contribution in [0.1, 0.15) is 37.8 Å². The van der Waals surface area contributed by atoms with Crippen LogP contribution in [0, 0.1) is 12.8 Å². The number of methoxy groups -OCH3 is 2. The van der Waals surface area contributed by atoms with Gasteiger partial charge in [0.25, 0.3) is 0 Å². The van der Waals surface area contributed by atoms with E-state index in [0.717, 1.165) is 5.56 Å². The minimum atomic E-state index is -0.823. The van der Waals surface area contributed by atoms with E-state index in [1.807, 2.05) is 26.0 Å². The maximum absolute atomic E-state index is 12.5. The van der Waals surface area contributed by atoms with Gasteiger partial charge in [0.1, 0.15) is 5.82 Å². The number of anilines is 1. The SMILES string of the molecule is COc1ccc(CCNC(=O)C(=O)Nc2cc(C)nn2C2NC(=O)CC(C(C)C)N2)cc1OC. The van der Waals surface area contributed by atoms with Gasteiger partial charge in [-0.1, -0.05) is 19.9 Å². The maximum atomic E-state index is 12.5. The molecular formula is C23H32N6O5. The van der Waals surface area contributed by atoms with Crippen LogP contribution in [-0.2, 0) is 20.8 Å². The number of hydrogen-bond donors (Lipinski definition) is 4. The van der Waals surface area contributed by atoms with Crippen molar-refractivity contribution in [3.63, 3.8) is 0 Å². The van der Waals surface area contributed by atoms with Crippen LogP contribution in [0.5, 0.6) is 11.5 Å². The zero-order valence-corrected chi connectivity index (χ0v) is 20.1. The number of benzene rings is 1. The fourth-order valence-electron chi connectivity index (χ4n) is 3.69. The molecule has 2 aromatic rings. The Labute approximate surface area is 198 Å². The molecule has 3 rings (SSSR count). The van der Waals surface area contributed by atoms with Gasteiger partial charge < -0.3 is 25.4 Å². The van der Waals surface area contributed by atoms with Crippen molar-refractivity contribution in [2.45, 2.75) is 45.9 Å². The molecule has 0 radical (unpaired) electrons. The van der Waals surface area contributed by atoms with Crippen LogP contribution in [0.25, 0.3) is 0 Å². The molecule has 184 valence electrons. The second-order valence-corrected chi connectivity index (χ2v) is 8.46. The topological polar surface area (TPSA) is 136 Å². The number of ether oxygens (including phenoxy) is 2. The summed E-state index contributed by atoms with van der Waals surface area (Å²) in [5.41, 5.74) is 1.55. The summed E-state index contributed by atoms with van der Waals surface area (Å²) < 4.78 is 12.0. The Morgan fingerprint density at radius 1 is 1.18 bits per heavy atom. The lowest BCUT2D eigenvalue weighted by Crippen LogP contribution is -2.55. The molecular weight excluding hydrogens is 440 g/mol. The first-order chi connectivity index (χ1) is 16.2. The first-order valence-corrected chi connectivity index (χ1v) is 11.1. The van der Waals surface area contributed by atoms with Gasteiger partial charge in [-0.15, -0.1) is 0 Å². The summed E-state index contributed by atoms with van der Waals surface area (Å²) in [5, 5.41) is 15.7. The summed E-state index contributed by atoms with van der Waals surface area (Å²) >= 11 is 0. The molecule has 11 heteroatoms. The number of aryl methyl sites for hydroxylation is 1. The van der Waals surface area contributed by atoms with Crippen LogP contribution in [0.4, 0.5) is 5.82 Å². The van der Waals surface area contributed by atoms with Gasteiger partial charge in [-0.3, -0.25) is 19.7 Å². The molecule has 11 nitrogen and oxygen atoms in total. The van der Waals surface area contributed by atoms with Gasteiger partial charge in [-0.05, 0) is 37.0 Å². The third-order valence-electron chi connectivity index (χ3n) is 5.58. The molecule has 1 saturated heterocycles. The molecule has 3 amide bonds. The number of carbonyl (C=O) groups is 3. The van der Waals surface area contributed by atoms with Crippen molar-refractivity contribution < 1.29 is 23.9 Å². The van der Waals surface area contributed by atoms with Crippen molar-refractivity contribution in [2.75, 3.05) is 26.1 Å². The molecule has 0 aliphatic carbocycles. The monoisotopic (exact) mass is 472 g/mol. The van der Waals surface area contributed by atoms with Gasteiger partial charge in [-0.2, -0.15) is 5.10 Å².